The minimum atomic E-state index is -0.533. The average Bonchev–Trinajstić information content (AvgIpc) is 2.57. The van der Waals surface area contributed by atoms with Gasteiger partial charge in [0.25, 0.3) is 5.69 Å². The van der Waals surface area contributed by atoms with Crippen LogP contribution in [-0.2, 0) is 4.79 Å². The molecule has 0 fully saturated rings. The lowest BCUT2D eigenvalue weighted by molar-refractivity contribution is -0.384. The summed E-state index contributed by atoms with van der Waals surface area (Å²) in [7, 11) is 0. The van der Waals surface area contributed by atoms with Crippen molar-refractivity contribution in [1.82, 2.24) is 0 Å². The lowest BCUT2D eigenvalue weighted by Gasteiger charge is -2.06. The van der Waals surface area contributed by atoms with Gasteiger partial charge in [-0.2, -0.15) is 0 Å². The Morgan fingerprint density at radius 3 is 2.44 bits per heavy atom. The van der Waals surface area contributed by atoms with Crippen molar-refractivity contribution in [2.45, 2.75) is 6.92 Å². The SMILES string of the molecule is CC(=O)Oc1ccc2c(=O)c(Oc3ccc([N+](=O)[O-])cc3)coc2c1. The molecule has 0 aliphatic rings. The molecule has 8 nitrogen and oxygen atoms in total. The average molecular weight is 341 g/mol. The molecule has 0 aliphatic heterocycles. The van der Waals surface area contributed by atoms with E-state index < -0.39 is 16.3 Å². The number of esters is 1. The number of carbonyl (C=O) groups is 1. The van der Waals surface area contributed by atoms with E-state index in [0.717, 1.165) is 6.26 Å². The zero-order valence-corrected chi connectivity index (χ0v) is 12.9. The molecule has 3 aromatic rings. The number of hydrogen-bond acceptors (Lipinski definition) is 7. The van der Waals surface area contributed by atoms with Crippen LogP contribution in [0, 0.1) is 10.1 Å². The summed E-state index contributed by atoms with van der Waals surface area (Å²) in [5.74, 6) is -0.0395. The molecule has 0 unspecified atom stereocenters. The molecule has 1 heterocycles. The third-order valence-electron chi connectivity index (χ3n) is 3.25. The predicted molar refractivity (Wildman–Crippen MR) is 87.0 cm³/mol. The molecule has 0 radical (unpaired) electrons. The lowest BCUT2D eigenvalue weighted by Crippen LogP contribution is -2.06. The molecular formula is C17H11NO7. The number of benzene rings is 2. The van der Waals surface area contributed by atoms with Gasteiger partial charge >= 0.3 is 5.97 Å². The number of nitro groups is 1. The molecule has 25 heavy (non-hydrogen) atoms. The summed E-state index contributed by atoms with van der Waals surface area (Å²) in [6.45, 7) is 1.27. The fourth-order valence-electron chi connectivity index (χ4n) is 2.15. The first kappa shape index (κ1) is 16.2. The summed E-state index contributed by atoms with van der Waals surface area (Å²) in [5, 5.41) is 10.9. The van der Waals surface area contributed by atoms with E-state index in [9.17, 15) is 19.7 Å². The van der Waals surface area contributed by atoms with E-state index in [1.807, 2.05) is 0 Å². The van der Waals surface area contributed by atoms with Crippen LogP contribution in [0.1, 0.15) is 6.92 Å². The van der Waals surface area contributed by atoms with E-state index in [0.29, 0.717) is 0 Å². The standard InChI is InChI=1S/C17H11NO7/c1-10(19)24-13-6-7-14-15(8-13)23-9-16(17(14)20)25-12-4-2-11(3-5-12)18(21)22/h2-9H,1H3. The van der Waals surface area contributed by atoms with Gasteiger partial charge < -0.3 is 13.9 Å². The summed E-state index contributed by atoms with van der Waals surface area (Å²) >= 11 is 0. The zero-order chi connectivity index (χ0) is 18.0. The van der Waals surface area contributed by atoms with Crippen molar-refractivity contribution >= 4 is 22.6 Å². The second kappa shape index (κ2) is 6.44. The van der Waals surface area contributed by atoms with Crippen molar-refractivity contribution in [3.8, 4) is 17.2 Å². The molecule has 0 spiro atoms. The van der Waals surface area contributed by atoms with Crippen LogP contribution >= 0.6 is 0 Å². The number of nitro benzene ring substituents is 1. The summed E-state index contributed by atoms with van der Waals surface area (Å²) < 4.78 is 15.7. The number of rotatable bonds is 4. The van der Waals surface area contributed by atoms with Crippen LogP contribution in [0.3, 0.4) is 0 Å². The van der Waals surface area contributed by atoms with Gasteiger partial charge in [0.05, 0.1) is 10.3 Å². The van der Waals surface area contributed by atoms with Crippen LogP contribution in [0.15, 0.2) is 57.9 Å². The molecule has 3 rings (SSSR count). The molecule has 1 aromatic heterocycles. The molecule has 0 bridgehead atoms. The molecule has 0 atom stereocenters. The number of ether oxygens (including phenoxy) is 2. The van der Waals surface area contributed by atoms with E-state index in [4.69, 9.17) is 13.9 Å². The topological polar surface area (TPSA) is 109 Å². The smallest absolute Gasteiger partial charge is 0.308 e. The van der Waals surface area contributed by atoms with Gasteiger partial charge in [0.2, 0.25) is 11.2 Å². The van der Waals surface area contributed by atoms with Crippen LogP contribution in [-0.4, -0.2) is 10.9 Å². The van der Waals surface area contributed by atoms with Crippen molar-refractivity contribution in [3.05, 3.63) is 69.1 Å². The first-order valence-electron chi connectivity index (χ1n) is 7.10. The second-order valence-electron chi connectivity index (χ2n) is 5.03. The van der Waals surface area contributed by atoms with Gasteiger partial charge in [-0.25, -0.2) is 0 Å². The number of nitrogens with zero attached hydrogens (tertiary/aromatic N) is 1. The van der Waals surface area contributed by atoms with E-state index in [2.05, 4.69) is 0 Å². The highest BCUT2D eigenvalue weighted by atomic mass is 16.6. The Labute approximate surface area is 140 Å². The monoisotopic (exact) mass is 341 g/mol. The molecule has 0 saturated carbocycles. The maximum atomic E-state index is 12.4. The Bertz CT molecular complexity index is 1020. The molecule has 0 saturated heterocycles. The van der Waals surface area contributed by atoms with E-state index >= 15 is 0 Å². The highest BCUT2D eigenvalue weighted by Gasteiger charge is 2.12. The maximum absolute atomic E-state index is 12.4. The van der Waals surface area contributed by atoms with Gasteiger partial charge in [-0.05, 0) is 24.3 Å². The first-order valence-corrected chi connectivity index (χ1v) is 7.10. The Kier molecular flexibility index (Phi) is 4.17. The van der Waals surface area contributed by atoms with Gasteiger partial charge in [-0.1, -0.05) is 0 Å². The van der Waals surface area contributed by atoms with Crippen LogP contribution < -0.4 is 14.9 Å². The van der Waals surface area contributed by atoms with E-state index in [1.165, 1.54) is 49.4 Å². The van der Waals surface area contributed by atoms with Crippen molar-refractivity contribution < 1.29 is 23.6 Å². The fourth-order valence-corrected chi connectivity index (χ4v) is 2.15. The van der Waals surface area contributed by atoms with Crippen molar-refractivity contribution in [3.63, 3.8) is 0 Å². The maximum Gasteiger partial charge on any atom is 0.308 e. The van der Waals surface area contributed by atoms with Gasteiger partial charge in [0.15, 0.2) is 0 Å². The van der Waals surface area contributed by atoms with E-state index in [1.54, 1.807) is 0 Å². The zero-order valence-electron chi connectivity index (χ0n) is 12.9. The fraction of sp³-hybridized carbons (Fsp3) is 0.0588. The summed E-state index contributed by atoms with van der Waals surface area (Å²) in [6, 6.07) is 9.65. The molecule has 0 N–H and O–H groups in total. The van der Waals surface area contributed by atoms with Gasteiger partial charge in [0, 0.05) is 25.1 Å². The molecular weight excluding hydrogens is 330 g/mol. The lowest BCUT2D eigenvalue weighted by atomic mass is 10.2. The minimum Gasteiger partial charge on any atom is -0.460 e. The van der Waals surface area contributed by atoms with Crippen LogP contribution in [0.2, 0.25) is 0 Å². The number of non-ortho nitro benzene ring substituents is 1. The van der Waals surface area contributed by atoms with E-state index in [-0.39, 0.29) is 33.9 Å². The molecule has 126 valence electrons. The quantitative estimate of drug-likeness (QED) is 0.309. The summed E-state index contributed by atoms with van der Waals surface area (Å²) in [5.41, 5.74) is -0.273. The Morgan fingerprint density at radius 1 is 1.12 bits per heavy atom. The van der Waals surface area contributed by atoms with Crippen molar-refractivity contribution in [2.24, 2.45) is 0 Å². The normalized spacial score (nSPS) is 10.4. The van der Waals surface area contributed by atoms with Gasteiger partial charge in [-0.3, -0.25) is 19.7 Å². The summed E-state index contributed by atoms with van der Waals surface area (Å²) in [4.78, 5) is 33.5. The molecule has 0 amide bonds. The van der Waals surface area contributed by atoms with Crippen molar-refractivity contribution in [2.75, 3.05) is 0 Å². The predicted octanol–water partition coefficient (Wildman–Crippen LogP) is 3.42. The minimum absolute atomic E-state index is 0.0680. The summed E-state index contributed by atoms with van der Waals surface area (Å²) in [6.07, 6.45) is 1.13. The van der Waals surface area contributed by atoms with Gasteiger partial charge in [-0.15, -0.1) is 0 Å². The highest BCUT2D eigenvalue weighted by Crippen LogP contribution is 2.25. The molecule has 0 aliphatic carbocycles. The third kappa shape index (κ3) is 3.47. The Balaban J connectivity index is 1.92. The third-order valence-corrected chi connectivity index (χ3v) is 3.25. The van der Waals surface area contributed by atoms with Crippen LogP contribution in [0.25, 0.3) is 11.0 Å². The number of fused-ring (bicyclic) bond motifs is 1. The Morgan fingerprint density at radius 2 is 1.80 bits per heavy atom. The number of carbonyl (C=O) groups excluding carboxylic acids is 1. The van der Waals surface area contributed by atoms with Gasteiger partial charge in [0.1, 0.15) is 23.3 Å². The van der Waals surface area contributed by atoms with Crippen molar-refractivity contribution in [1.29, 1.82) is 0 Å². The van der Waals surface area contributed by atoms with Crippen LogP contribution in [0.5, 0.6) is 17.2 Å². The molecule has 8 heteroatoms. The largest absolute Gasteiger partial charge is 0.460 e. The number of hydrogen-bond donors (Lipinski definition) is 0. The second-order valence-corrected chi connectivity index (χ2v) is 5.03. The first-order chi connectivity index (χ1) is 11.9. The highest BCUT2D eigenvalue weighted by molar-refractivity contribution is 5.80. The molecule has 2 aromatic carbocycles. The van der Waals surface area contributed by atoms with Crippen LogP contribution in [0.4, 0.5) is 5.69 Å². The Hall–Kier alpha value is -3.68.